The molecule has 1 aromatic heterocycles. The summed E-state index contributed by atoms with van der Waals surface area (Å²) in [4.78, 5) is 2.03. The van der Waals surface area contributed by atoms with Gasteiger partial charge >= 0.3 is 0 Å². The summed E-state index contributed by atoms with van der Waals surface area (Å²) in [7, 11) is 0. The first-order valence-corrected chi connectivity index (χ1v) is 8.90. The number of nitrogens with zero attached hydrogens (tertiary/aromatic N) is 3. The summed E-state index contributed by atoms with van der Waals surface area (Å²) in [6, 6.07) is 11.6. The summed E-state index contributed by atoms with van der Waals surface area (Å²) in [5.41, 5.74) is 3.38. The number of rotatable bonds is 3. The fraction of sp³-hybridized carbons (Fsp3) is 0.400. The molecule has 132 valence electrons. The summed E-state index contributed by atoms with van der Waals surface area (Å²) in [5, 5.41) is 19.5. The fourth-order valence-corrected chi connectivity index (χ4v) is 3.80. The lowest BCUT2D eigenvalue weighted by Gasteiger charge is -2.33. The highest BCUT2D eigenvalue weighted by molar-refractivity contribution is 7.80. The lowest BCUT2D eigenvalue weighted by molar-refractivity contribution is 0.283. The van der Waals surface area contributed by atoms with Gasteiger partial charge in [0.05, 0.1) is 0 Å². The third kappa shape index (κ3) is 3.66. The van der Waals surface area contributed by atoms with Gasteiger partial charge in [0.2, 0.25) is 0 Å². The molecular weight excluding hydrogens is 330 g/mol. The molecule has 0 spiro atoms. The Labute approximate surface area is 154 Å². The Morgan fingerprint density at radius 3 is 2.08 bits per heavy atom. The van der Waals surface area contributed by atoms with Crippen molar-refractivity contribution in [3.05, 3.63) is 42.0 Å². The number of aromatic nitrogens is 3. The van der Waals surface area contributed by atoms with E-state index in [0.717, 1.165) is 23.0 Å². The monoisotopic (exact) mass is 355 g/mol. The molecule has 0 saturated carbocycles. The summed E-state index contributed by atoms with van der Waals surface area (Å²) in [6.07, 6.45) is 1.01. The first-order valence-electron chi connectivity index (χ1n) is 8.46. The molecule has 1 N–H and O–H groups in total. The molecule has 5 heteroatoms. The molecule has 0 saturated heterocycles. The molecule has 0 amide bonds. The predicted octanol–water partition coefficient (Wildman–Crippen LogP) is 5.13. The van der Waals surface area contributed by atoms with Crippen molar-refractivity contribution in [2.24, 2.45) is 5.41 Å². The minimum Gasteiger partial charge on any atom is -0.505 e. The van der Waals surface area contributed by atoms with Crippen LogP contribution in [0.3, 0.4) is 0 Å². The Bertz CT molecular complexity index is 889. The lowest BCUT2D eigenvalue weighted by Crippen LogP contribution is -2.25. The van der Waals surface area contributed by atoms with E-state index in [2.05, 4.69) is 57.4 Å². The van der Waals surface area contributed by atoms with Crippen LogP contribution >= 0.6 is 12.6 Å². The van der Waals surface area contributed by atoms with Gasteiger partial charge in [-0.3, -0.25) is 0 Å². The fourth-order valence-electron chi connectivity index (χ4n) is 3.54. The van der Waals surface area contributed by atoms with E-state index in [4.69, 9.17) is 0 Å². The van der Waals surface area contributed by atoms with Crippen molar-refractivity contribution < 1.29 is 5.11 Å². The number of fused-ring (bicyclic) bond motifs is 1. The minimum absolute atomic E-state index is 0.0647. The molecule has 0 fully saturated rings. The highest BCUT2D eigenvalue weighted by Gasteiger charge is 2.29. The molecule has 0 radical (unpaired) electrons. The number of benzene rings is 2. The normalized spacial score (nSPS) is 12.7. The smallest absolute Gasteiger partial charge is 0.156 e. The maximum atomic E-state index is 10.5. The van der Waals surface area contributed by atoms with Crippen LogP contribution in [0.15, 0.2) is 41.3 Å². The van der Waals surface area contributed by atoms with Crippen molar-refractivity contribution >= 4 is 23.7 Å². The summed E-state index contributed by atoms with van der Waals surface area (Å²) in [5.74, 6) is 0.0962. The number of phenols is 1. The van der Waals surface area contributed by atoms with Crippen LogP contribution in [0.2, 0.25) is 0 Å². The first-order chi connectivity index (χ1) is 11.6. The van der Waals surface area contributed by atoms with E-state index in [9.17, 15) is 5.11 Å². The van der Waals surface area contributed by atoms with Gasteiger partial charge in [0, 0.05) is 4.90 Å². The van der Waals surface area contributed by atoms with Crippen molar-refractivity contribution in [1.82, 2.24) is 15.0 Å². The van der Waals surface area contributed by atoms with Crippen LogP contribution in [0.1, 0.15) is 46.6 Å². The molecule has 4 nitrogen and oxygen atoms in total. The lowest BCUT2D eigenvalue weighted by atomic mass is 9.72. The van der Waals surface area contributed by atoms with Crippen molar-refractivity contribution in [2.75, 3.05) is 0 Å². The zero-order chi connectivity index (χ0) is 18.4. The SMILES string of the molecule is CC(C)(C)CC(C)(C)c1cc(S)c(O)c(-n2nc3ccccc3n2)c1. The van der Waals surface area contributed by atoms with Gasteiger partial charge in [0.25, 0.3) is 0 Å². The van der Waals surface area contributed by atoms with E-state index in [1.165, 1.54) is 4.80 Å². The molecule has 0 atom stereocenters. The topological polar surface area (TPSA) is 50.9 Å². The van der Waals surface area contributed by atoms with Gasteiger partial charge in [-0.15, -0.1) is 27.6 Å². The van der Waals surface area contributed by atoms with Gasteiger partial charge in [-0.1, -0.05) is 46.8 Å². The van der Waals surface area contributed by atoms with Crippen molar-refractivity contribution in [2.45, 2.75) is 51.3 Å². The van der Waals surface area contributed by atoms with E-state index < -0.39 is 0 Å². The number of thiol groups is 1. The molecule has 0 aliphatic rings. The molecule has 1 heterocycles. The predicted molar refractivity (Wildman–Crippen MR) is 105 cm³/mol. The molecule has 0 aliphatic carbocycles. The van der Waals surface area contributed by atoms with E-state index in [1.54, 1.807) is 0 Å². The second-order valence-corrected chi connectivity index (χ2v) is 8.94. The van der Waals surface area contributed by atoms with E-state index in [1.807, 2.05) is 36.4 Å². The second-order valence-electron chi connectivity index (χ2n) is 8.46. The largest absolute Gasteiger partial charge is 0.505 e. The van der Waals surface area contributed by atoms with E-state index >= 15 is 0 Å². The van der Waals surface area contributed by atoms with Crippen molar-refractivity contribution in [3.63, 3.8) is 0 Å². The molecular formula is C20H25N3OS. The Balaban J connectivity index is 2.13. The number of hydrogen-bond donors (Lipinski definition) is 2. The Morgan fingerprint density at radius 1 is 1.00 bits per heavy atom. The average molecular weight is 356 g/mol. The van der Waals surface area contributed by atoms with Gasteiger partial charge in [0.1, 0.15) is 16.7 Å². The zero-order valence-electron chi connectivity index (χ0n) is 15.4. The standard InChI is InChI=1S/C20H25N3OS/c1-19(2,3)12-20(4,5)13-10-16(18(24)17(25)11-13)23-21-14-8-6-7-9-15(14)22-23/h6-11,24-25H,12H2,1-5H3. The number of phenolic OH excluding ortho intramolecular Hbond substituents is 1. The molecule has 3 aromatic rings. The maximum Gasteiger partial charge on any atom is 0.156 e. The van der Waals surface area contributed by atoms with E-state index in [-0.39, 0.29) is 16.6 Å². The van der Waals surface area contributed by atoms with Crippen molar-refractivity contribution in [1.29, 1.82) is 0 Å². The molecule has 2 aromatic carbocycles. The van der Waals surface area contributed by atoms with Crippen LogP contribution in [0, 0.1) is 5.41 Å². The van der Waals surface area contributed by atoms with Crippen LogP contribution in [0.5, 0.6) is 5.75 Å². The third-order valence-corrected chi connectivity index (χ3v) is 4.67. The summed E-state index contributed by atoms with van der Waals surface area (Å²) in [6.45, 7) is 11.1. The van der Waals surface area contributed by atoms with Crippen LogP contribution < -0.4 is 0 Å². The van der Waals surface area contributed by atoms with Crippen molar-refractivity contribution in [3.8, 4) is 11.4 Å². The van der Waals surface area contributed by atoms with Crippen LogP contribution in [-0.4, -0.2) is 20.1 Å². The van der Waals surface area contributed by atoms with Gasteiger partial charge in [-0.25, -0.2) is 0 Å². The van der Waals surface area contributed by atoms with E-state index in [0.29, 0.717) is 10.6 Å². The van der Waals surface area contributed by atoms with Gasteiger partial charge < -0.3 is 5.11 Å². The molecule has 25 heavy (non-hydrogen) atoms. The first kappa shape index (κ1) is 17.8. The second kappa shape index (κ2) is 6.06. The van der Waals surface area contributed by atoms with Crippen LogP contribution in [0.25, 0.3) is 16.7 Å². The zero-order valence-corrected chi connectivity index (χ0v) is 16.3. The summed E-state index contributed by atoms with van der Waals surface area (Å²) < 4.78 is 0. The maximum absolute atomic E-state index is 10.5. The highest BCUT2D eigenvalue weighted by atomic mass is 32.1. The number of aromatic hydroxyl groups is 1. The Hall–Kier alpha value is -2.01. The van der Waals surface area contributed by atoms with Gasteiger partial charge in [0.15, 0.2) is 5.75 Å². The highest BCUT2D eigenvalue weighted by Crippen LogP contribution is 2.40. The summed E-state index contributed by atoms with van der Waals surface area (Å²) >= 11 is 4.47. The van der Waals surface area contributed by atoms with Crippen LogP contribution in [0.4, 0.5) is 0 Å². The average Bonchev–Trinajstić information content (AvgIpc) is 2.90. The Morgan fingerprint density at radius 2 is 1.56 bits per heavy atom. The molecule has 3 rings (SSSR count). The Kier molecular flexibility index (Phi) is 4.31. The number of hydrogen-bond acceptors (Lipinski definition) is 4. The molecule has 0 aliphatic heterocycles. The van der Waals surface area contributed by atoms with Gasteiger partial charge in [-0.2, -0.15) is 0 Å². The van der Waals surface area contributed by atoms with Crippen LogP contribution in [-0.2, 0) is 5.41 Å². The minimum atomic E-state index is -0.0647. The molecule has 0 unspecified atom stereocenters. The molecule has 0 bridgehead atoms. The third-order valence-electron chi connectivity index (χ3n) is 4.33. The quantitative estimate of drug-likeness (QED) is 0.641. The van der Waals surface area contributed by atoms with Gasteiger partial charge in [-0.05, 0) is 47.1 Å².